The summed E-state index contributed by atoms with van der Waals surface area (Å²) in [6.45, 7) is 1.90. The van der Waals surface area contributed by atoms with E-state index in [2.05, 4.69) is 0 Å². The monoisotopic (exact) mass is 293 g/mol. The number of nitro benzene ring substituents is 1. The molecule has 0 aliphatic heterocycles. The summed E-state index contributed by atoms with van der Waals surface area (Å²) in [6, 6.07) is 6.06. The van der Waals surface area contributed by atoms with E-state index in [9.17, 15) is 14.9 Å². The lowest BCUT2D eigenvalue weighted by atomic mass is 10.1. The van der Waals surface area contributed by atoms with Crippen molar-refractivity contribution >= 4 is 23.0 Å². The van der Waals surface area contributed by atoms with Crippen LogP contribution >= 0.6 is 11.3 Å². The average molecular weight is 293 g/mol. The van der Waals surface area contributed by atoms with Gasteiger partial charge in [-0.05, 0) is 18.1 Å². The average Bonchev–Trinajstić information content (AvgIpc) is 2.87. The van der Waals surface area contributed by atoms with Gasteiger partial charge in [-0.3, -0.25) is 10.1 Å². The van der Waals surface area contributed by atoms with Gasteiger partial charge >= 0.3 is 11.7 Å². The van der Waals surface area contributed by atoms with E-state index in [0.717, 1.165) is 16.9 Å². The number of carboxylic acids is 1. The first kappa shape index (κ1) is 14.0. The molecule has 1 heterocycles. The van der Waals surface area contributed by atoms with Crippen molar-refractivity contribution in [1.29, 1.82) is 0 Å². The molecule has 1 aromatic heterocycles. The quantitative estimate of drug-likeness (QED) is 0.670. The number of carbonyl (C=O) groups is 1. The summed E-state index contributed by atoms with van der Waals surface area (Å²) in [5, 5.41) is 21.4. The lowest BCUT2D eigenvalue weighted by Crippen LogP contribution is -1.95. The highest BCUT2D eigenvalue weighted by Crippen LogP contribution is 2.34. The molecule has 0 saturated carbocycles. The van der Waals surface area contributed by atoms with Crippen LogP contribution in [0.25, 0.3) is 0 Å². The van der Waals surface area contributed by atoms with Crippen LogP contribution in [-0.2, 0) is 6.42 Å². The van der Waals surface area contributed by atoms with Crippen molar-refractivity contribution in [2.75, 3.05) is 0 Å². The number of ether oxygens (including phenoxy) is 1. The lowest BCUT2D eigenvalue weighted by Gasteiger charge is -2.05. The van der Waals surface area contributed by atoms with Crippen LogP contribution in [0.3, 0.4) is 0 Å². The van der Waals surface area contributed by atoms with Crippen molar-refractivity contribution in [3.8, 4) is 11.5 Å². The van der Waals surface area contributed by atoms with Gasteiger partial charge < -0.3 is 9.84 Å². The number of nitrogens with zero attached hydrogens (tertiary/aromatic N) is 1. The number of thiophene rings is 1. The molecule has 0 saturated heterocycles. The zero-order valence-corrected chi connectivity index (χ0v) is 11.3. The molecule has 0 fully saturated rings. The highest BCUT2D eigenvalue weighted by Gasteiger charge is 2.17. The molecule has 1 N–H and O–H groups in total. The van der Waals surface area contributed by atoms with E-state index in [0.29, 0.717) is 6.42 Å². The van der Waals surface area contributed by atoms with E-state index >= 15 is 0 Å². The molecule has 7 heteroatoms. The smallest absolute Gasteiger partial charge is 0.346 e. The zero-order chi connectivity index (χ0) is 14.7. The second-order valence-corrected chi connectivity index (χ2v) is 4.88. The van der Waals surface area contributed by atoms with Gasteiger partial charge in [-0.15, -0.1) is 11.3 Å². The van der Waals surface area contributed by atoms with Gasteiger partial charge in [0.05, 0.1) is 4.92 Å². The Bertz CT molecular complexity index is 665. The summed E-state index contributed by atoms with van der Waals surface area (Å²) in [5.41, 5.74) is 0.702. The van der Waals surface area contributed by atoms with Gasteiger partial charge in [0.15, 0.2) is 0 Å². The Morgan fingerprint density at radius 2 is 2.20 bits per heavy atom. The molecule has 6 nitrogen and oxygen atoms in total. The number of hydrogen-bond acceptors (Lipinski definition) is 5. The fourth-order valence-electron chi connectivity index (χ4n) is 1.62. The van der Waals surface area contributed by atoms with Crippen LogP contribution in [0.5, 0.6) is 11.5 Å². The topological polar surface area (TPSA) is 89.7 Å². The Morgan fingerprint density at radius 3 is 2.75 bits per heavy atom. The normalized spacial score (nSPS) is 10.2. The molecule has 1 aromatic carbocycles. The Labute approximate surface area is 118 Å². The number of aryl methyl sites for hydroxylation is 1. The molecule has 0 aliphatic rings. The van der Waals surface area contributed by atoms with E-state index in [-0.39, 0.29) is 22.1 Å². The third kappa shape index (κ3) is 2.94. The first-order valence-electron chi connectivity index (χ1n) is 5.78. The minimum atomic E-state index is -1.05. The molecule has 20 heavy (non-hydrogen) atoms. The lowest BCUT2D eigenvalue weighted by molar-refractivity contribution is -0.385. The summed E-state index contributed by atoms with van der Waals surface area (Å²) >= 11 is 1.00. The summed E-state index contributed by atoms with van der Waals surface area (Å²) in [4.78, 5) is 21.4. The number of benzene rings is 1. The van der Waals surface area contributed by atoms with Crippen LogP contribution in [0.4, 0.5) is 5.69 Å². The highest BCUT2D eigenvalue weighted by molar-refractivity contribution is 7.12. The van der Waals surface area contributed by atoms with Crippen LogP contribution in [0.2, 0.25) is 0 Å². The summed E-state index contributed by atoms with van der Waals surface area (Å²) in [6.07, 6.45) is 0.683. The van der Waals surface area contributed by atoms with E-state index in [4.69, 9.17) is 9.84 Å². The van der Waals surface area contributed by atoms with Gasteiger partial charge in [0.25, 0.3) is 0 Å². The fourth-order valence-corrected chi connectivity index (χ4v) is 2.27. The molecule has 2 rings (SSSR count). The van der Waals surface area contributed by atoms with E-state index < -0.39 is 10.9 Å². The Kier molecular flexibility index (Phi) is 3.99. The maximum atomic E-state index is 11.0. The van der Waals surface area contributed by atoms with Crippen LogP contribution in [0.1, 0.15) is 22.2 Å². The maximum Gasteiger partial charge on any atom is 0.346 e. The standard InChI is InChI=1S/C13H11NO5S/c1-2-8-3-4-11(10(5-8)14(17)18)19-9-6-12(13(15)16)20-7-9/h3-7H,2H2,1H3,(H,15,16). The maximum absolute atomic E-state index is 11.0. The van der Waals surface area contributed by atoms with Crippen molar-refractivity contribution in [3.63, 3.8) is 0 Å². The molecular weight excluding hydrogens is 282 g/mol. The third-order valence-corrected chi connectivity index (χ3v) is 3.54. The molecule has 0 amide bonds. The number of nitro groups is 1. The molecular formula is C13H11NO5S. The molecule has 0 radical (unpaired) electrons. The Balaban J connectivity index is 2.32. The third-order valence-electron chi connectivity index (χ3n) is 2.64. The first-order valence-corrected chi connectivity index (χ1v) is 6.66. The van der Waals surface area contributed by atoms with E-state index in [1.54, 1.807) is 6.07 Å². The van der Waals surface area contributed by atoms with Crippen molar-refractivity contribution in [2.45, 2.75) is 13.3 Å². The van der Waals surface area contributed by atoms with Gasteiger partial charge in [0.2, 0.25) is 5.75 Å². The van der Waals surface area contributed by atoms with E-state index in [1.807, 2.05) is 6.92 Å². The highest BCUT2D eigenvalue weighted by atomic mass is 32.1. The first-order chi connectivity index (χ1) is 9.51. The molecule has 0 aliphatic carbocycles. The Hall–Kier alpha value is -2.41. The molecule has 2 aromatic rings. The number of rotatable bonds is 5. The van der Waals surface area contributed by atoms with Gasteiger partial charge in [0.1, 0.15) is 10.6 Å². The van der Waals surface area contributed by atoms with Crippen LogP contribution in [0, 0.1) is 10.1 Å². The van der Waals surface area contributed by atoms with Gasteiger partial charge in [-0.2, -0.15) is 0 Å². The minimum absolute atomic E-state index is 0.0990. The molecule has 0 spiro atoms. The molecule has 104 valence electrons. The molecule has 0 unspecified atom stereocenters. The van der Waals surface area contributed by atoms with Crippen molar-refractivity contribution in [1.82, 2.24) is 0 Å². The number of hydrogen-bond donors (Lipinski definition) is 1. The largest absolute Gasteiger partial charge is 0.477 e. The molecule has 0 bridgehead atoms. The summed E-state index contributed by atoms with van der Waals surface area (Å²) < 4.78 is 5.41. The SMILES string of the molecule is CCc1ccc(Oc2csc(C(=O)O)c2)c([N+](=O)[O-])c1. The van der Waals surface area contributed by atoms with Crippen molar-refractivity contribution in [3.05, 3.63) is 50.2 Å². The van der Waals surface area contributed by atoms with Gasteiger partial charge in [-0.25, -0.2) is 4.79 Å². The van der Waals surface area contributed by atoms with Crippen molar-refractivity contribution < 1.29 is 19.6 Å². The summed E-state index contributed by atoms with van der Waals surface area (Å²) in [7, 11) is 0. The predicted molar refractivity (Wildman–Crippen MR) is 73.8 cm³/mol. The predicted octanol–water partition coefficient (Wildman–Crippen LogP) is 3.71. The minimum Gasteiger partial charge on any atom is -0.477 e. The second kappa shape index (κ2) is 5.70. The van der Waals surface area contributed by atoms with Crippen LogP contribution < -0.4 is 4.74 Å². The summed E-state index contributed by atoms with van der Waals surface area (Å²) in [5.74, 6) is -0.678. The van der Waals surface area contributed by atoms with Crippen molar-refractivity contribution in [2.24, 2.45) is 0 Å². The Morgan fingerprint density at radius 1 is 1.45 bits per heavy atom. The number of aromatic carboxylic acids is 1. The van der Waals surface area contributed by atoms with Gasteiger partial charge in [0, 0.05) is 17.5 Å². The van der Waals surface area contributed by atoms with Crippen LogP contribution in [0.15, 0.2) is 29.6 Å². The second-order valence-electron chi connectivity index (χ2n) is 3.97. The fraction of sp³-hybridized carbons (Fsp3) is 0.154. The zero-order valence-electron chi connectivity index (χ0n) is 10.5. The van der Waals surface area contributed by atoms with E-state index in [1.165, 1.54) is 23.6 Å². The number of carboxylic acid groups (broad SMARTS) is 1. The molecule has 0 atom stereocenters. The van der Waals surface area contributed by atoms with Gasteiger partial charge in [-0.1, -0.05) is 13.0 Å². The van der Waals surface area contributed by atoms with Crippen LogP contribution in [-0.4, -0.2) is 16.0 Å².